The third-order valence-electron chi connectivity index (χ3n) is 8.22. The van der Waals surface area contributed by atoms with Crippen molar-refractivity contribution in [2.24, 2.45) is 4.99 Å². The Morgan fingerprint density at radius 1 is 1.07 bits per heavy atom. The van der Waals surface area contributed by atoms with E-state index in [0.717, 1.165) is 20.9 Å². The van der Waals surface area contributed by atoms with E-state index in [1.54, 1.807) is 21.5 Å². The molecule has 0 saturated heterocycles. The van der Waals surface area contributed by atoms with Crippen LogP contribution in [0, 0.1) is 0 Å². The molecule has 0 aliphatic carbocycles. The molecule has 2 amide bonds. The van der Waals surface area contributed by atoms with Crippen LogP contribution in [0.1, 0.15) is 44.9 Å². The number of anilines is 1. The largest absolute Gasteiger partial charge is 0.496 e. The molecule has 0 saturated carbocycles. The van der Waals surface area contributed by atoms with Crippen LogP contribution in [0.3, 0.4) is 0 Å². The number of ether oxygens (including phenoxy) is 1. The molecule has 43 heavy (non-hydrogen) atoms. The van der Waals surface area contributed by atoms with Gasteiger partial charge in [-0.1, -0.05) is 57.6 Å². The average Bonchev–Trinajstić information content (AvgIpc) is 3.47. The topological polar surface area (TPSA) is 84.2 Å². The molecule has 2 aliphatic heterocycles. The van der Waals surface area contributed by atoms with E-state index < -0.39 is 6.04 Å². The van der Waals surface area contributed by atoms with Gasteiger partial charge in [0.15, 0.2) is 4.80 Å². The van der Waals surface area contributed by atoms with Crippen LogP contribution in [-0.2, 0) is 9.59 Å². The van der Waals surface area contributed by atoms with Crippen LogP contribution in [0.2, 0.25) is 0 Å². The molecule has 0 fully saturated rings. The molecule has 0 radical (unpaired) electrons. The summed E-state index contributed by atoms with van der Waals surface area (Å²) in [6.07, 6.45) is 0. The Balaban J connectivity index is 1.74. The van der Waals surface area contributed by atoms with Gasteiger partial charge in [-0.15, -0.1) is 0 Å². The van der Waals surface area contributed by atoms with Gasteiger partial charge in [-0.05, 0) is 62.7 Å². The first-order valence-corrected chi connectivity index (χ1v) is 15.9. The number of carbonyl (C=O) groups excluding carboxylic acids is 2. The fourth-order valence-corrected chi connectivity index (χ4v) is 7.67. The Kier molecular flexibility index (Phi) is 7.60. The maximum absolute atomic E-state index is 14.7. The second kappa shape index (κ2) is 11.2. The zero-order valence-electron chi connectivity index (χ0n) is 24.6. The van der Waals surface area contributed by atoms with Gasteiger partial charge in [0.1, 0.15) is 16.3 Å². The van der Waals surface area contributed by atoms with Crippen molar-refractivity contribution in [2.45, 2.75) is 33.7 Å². The Labute approximate surface area is 261 Å². The first-order chi connectivity index (χ1) is 20.7. The zero-order chi connectivity index (χ0) is 30.6. The summed E-state index contributed by atoms with van der Waals surface area (Å²) in [6.45, 7) is 9.07. The number of benzene rings is 3. The van der Waals surface area contributed by atoms with Gasteiger partial charge in [-0.25, -0.2) is 4.99 Å². The number of rotatable bonds is 6. The van der Waals surface area contributed by atoms with Crippen LogP contribution in [0.5, 0.6) is 5.75 Å². The maximum atomic E-state index is 14.7. The number of methoxy groups -OCH3 is 1. The van der Waals surface area contributed by atoms with Crippen LogP contribution in [0.4, 0.5) is 5.69 Å². The third-order valence-corrected chi connectivity index (χ3v) is 9.77. The van der Waals surface area contributed by atoms with Gasteiger partial charge in [-0.2, -0.15) is 0 Å². The second-order valence-corrected chi connectivity index (χ2v) is 12.3. The monoisotopic (exact) mass is 658 g/mol. The van der Waals surface area contributed by atoms with Gasteiger partial charge in [0.05, 0.1) is 29.6 Å². The molecule has 220 valence electrons. The minimum absolute atomic E-state index is 0.187. The van der Waals surface area contributed by atoms with E-state index in [0.29, 0.717) is 62.7 Å². The quantitative estimate of drug-likeness (QED) is 0.299. The number of hydrogen-bond acceptors (Lipinski definition) is 6. The summed E-state index contributed by atoms with van der Waals surface area (Å²) in [5, 5.41) is 1.82. The summed E-state index contributed by atoms with van der Waals surface area (Å²) in [7, 11) is 1.59. The molecule has 0 unspecified atom stereocenters. The number of halogens is 1. The Morgan fingerprint density at radius 2 is 1.81 bits per heavy atom. The van der Waals surface area contributed by atoms with Crippen molar-refractivity contribution in [3.05, 3.63) is 101 Å². The predicted octanol–water partition coefficient (Wildman–Crippen LogP) is 4.76. The fraction of sp³-hybridized carbons (Fsp3) is 0.273. The SMILES string of the molecule is CCN(CC)C(=O)C1=C(C)N=c2s/c(=C3\C(=O)N(CC)c4ccc(Br)cc43)c(=O)n2[C@H]1c1c(OC)ccc2ccccc12. The lowest BCUT2D eigenvalue weighted by Gasteiger charge is -2.30. The molecule has 8 nitrogen and oxygen atoms in total. The van der Waals surface area contributed by atoms with Crippen molar-refractivity contribution in [3.63, 3.8) is 0 Å². The predicted molar refractivity (Wildman–Crippen MR) is 173 cm³/mol. The highest BCUT2D eigenvalue weighted by Gasteiger charge is 2.39. The number of aromatic nitrogens is 1. The van der Waals surface area contributed by atoms with Crippen molar-refractivity contribution in [3.8, 4) is 5.75 Å². The second-order valence-electron chi connectivity index (χ2n) is 10.4. The number of fused-ring (bicyclic) bond motifs is 3. The van der Waals surface area contributed by atoms with Crippen molar-refractivity contribution in [1.29, 1.82) is 0 Å². The molecule has 3 aromatic carbocycles. The summed E-state index contributed by atoms with van der Waals surface area (Å²) in [4.78, 5) is 51.3. The maximum Gasteiger partial charge on any atom is 0.271 e. The molecule has 2 aliphatic rings. The summed E-state index contributed by atoms with van der Waals surface area (Å²) in [6, 6.07) is 16.5. The van der Waals surface area contributed by atoms with Crippen molar-refractivity contribution < 1.29 is 14.3 Å². The smallest absolute Gasteiger partial charge is 0.271 e. The van der Waals surface area contributed by atoms with Crippen molar-refractivity contribution >= 4 is 61.1 Å². The number of carbonyl (C=O) groups is 2. The van der Waals surface area contributed by atoms with Crippen molar-refractivity contribution in [2.75, 3.05) is 31.6 Å². The van der Waals surface area contributed by atoms with E-state index in [2.05, 4.69) is 15.9 Å². The minimum Gasteiger partial charge on any atom is -0.496 e. The molecule has 1 atom stereocenters. The molecule has 6 rings (SSSR count). The fourth-order valence-electron chi connectivity index (χ4n) is 6.17. The lowest BCUT2D eigenvalue weighted by atomic mass is 9.90. The summed E-state index contributed by atoms with van der Waals surface area (Å²) < 4.78 is 8.58. The van der Waals surface area contributed by atoms with E-state index >= 15 is 0 Å². The molecule has 3 heterocycles. The zero-order valence-corrected chi connectivity index (χ0v) is 27.0. The van der Waals surface area contributed by atoms with Crippen LogP contribution in [-0.4, -0.2) is 48.0 Å². The van der Waals surface area contributed by atoms with Gasteiger partial charge in [0.25, 0.3) is 17.4 Å². The highest BCUT2D eigenvalue weighted by molar-refractivity contribution is 9.10. The lowest BCUT2D eigenvalue weighted by molar-refractivity contribution is -0.127. The molecular weight excluding hydrogens is 628 g/mol. The molecule has 0 spiro atoms. The number of nitrogens with zero attached hydrogens (tertiary/aromatic N) is 4. The van der Waals surface area contributed by atoms with E-state index in [1.165, 1.54) is 11.3 Å². The summed E-state index contributed by atoms with van der Waals surface area (Å²) >= 11 is 4.72. The highest BCUT2D eigenvalue weighted by atomic mass is 79.9. The number of amides is 2. The van der Waals surface area contributed by atoms with Gasteiger partial charge in [0.2, 0.25) is 0 Å². The molecule has 0 bridgehead atoms. The van der Waals surface area contributed by atoms with Crippen LogP contribution >= 0.6 is 27.3 Å². The average molecular weight is 660 g/mol. The molecular formula is C33H31BrN4O4S. The van der Waals surface area contributed by atoms with Crippen molar-refractivity contribution in [1.82, 2.24) is 9.47 Å². The number of hydrogen-bond donors (Lipinski definition) is 0. The van der Waals surface area contributed by atoms with Crippen LogP contribution < -0.4 is 24.5 Å². The first kappa shape index (κ1) is 29.1. The number of thiazole rings is 1. The molecule has 0 N–H and O–H groups in total. The normalized spacial score (nSPS) is 17.2. The Bertz CT molecular complexity index is 2040. The Morgan fingerprint density at radius 3 is 2.51 bits per heavy atom. The molecule has 4 aromatic rings. The molecule has 10 heteroatoms. The third kappa shape index (κ3) is 4.46. The van der Waals surface area contributed by atoms with Gasteiger partial charge in [-0.3, -0.25) is 19.0 Å². The number of likely N-dealkylation sites (N-methyl/N-ethyl adjacent to an activating group) is 2. The number of allylic oxidation sites excluding steroid dienone is 1. The standard InChI is InChI=1S/C33H31BrN4O4S/c1-6-36(7-2)30(39)25-18(4)35-33-38(28(25)26-21-12-10-9-11-19(21)13-16-24(26)42-5)32(41)29(43-33)27-22-17-20(34)14-15-23(22)37(8-3)31(27)40/h9-17,28H,6-8H2,1-5H3/b29-27-/t28-/m1/s1. The molecule has 1 aromatic heterocycles. The van der Waals surface area contributed by atoms with E-state index in [9.17, 15) is 14.4 Å². The first-order valence-electron chi connectivity index (χ1n) is 14.3. The van der Waals surface area contributed by atoms with Crippen LogP contribution in [0.25, 0.3) is 16.3 Å². The Hall–Kier alpha value is -4.02. The van der Waals surface area contributed by atoms with Gasteiger partial charge in [0, 0.05) is 35.2 Å². The van der Waals surface area contributed by atoms with Crippen LogP contribution in [0.15, 0.2) is 80.1 Å². The summed E-state index contributed by atoms with van der Waals surface area (Å²) in [5.41, 5.74) is 3.10. The summed E-state index contributed by atoms with van der Waals surface area (Å²) in [5.74, 6) is 0.146. The van der Waals surface area contributed by atoms with Gasteiger partial charge < -0.3 is 14.5 Å². The lowest BCUT2D eigenvalue weighted by Crippen LogP contribution is -2.43. The van der Waals surface area contributed by atoms with E-state index in [1.807, 2.05) is 82.3 Å². The van der Waals surface area contributed by atoms with E-state index in [-0.39, 0.29) is 17.4 Å². The van der Waals surface area contributed by atoms with E-state index in [4.69, 9.17) is 9.73 Å². The minimum atomic E-state index is -0.819. The highest BCUT2D eigenvalue weighted by Crippen LogP contribution is 2.41. The van der Waals surface area contributed by atoms with Gasteiger partial charge >= 0.3 is 0 Å².